The lowest BCUT2D eigenvalue weighted by atomic mass is 10.1. The van der Waals surface area contributed by atoms with Gasteiger partial charge in [0.25, 0.3) is 12.1 Å². The first-order valence-electron chi connectivity index (χ1n) is 12.6. The number of nitrogens with zero attached hydrogens (tertiary/aromatic N) is 7. The molecule has 18 nitrogen and oxygen atoms in total. The van der Waals surface area contributed by atoms with E-state index in [1.165, 1.54) is 21.6 Å². The van der Waals surface area contributed by atoms with E-state index < -0.39 is 75.0 Å². The number of aliphatic hydroxyl groups excluding tert-OH is 1. The number of fused-ring (bicyclic) bond motifs is 2. The van der Waals surface area contributed by atoms with E-state index in [9.17, 15) is 19.0 Å². The minimum absolute atomic E-state index is 0.0671. The van der Waals surface area contributed by atoms with E-state index in [1.807, 2.05) is 0 Å². The molecule has 0 aromatic carbocycles. The SMILES string of the molecule is Nc1nc2c(ncn2[C@@H]2O[C@H](CO)[C@@H](F)[C@H]2P(=O)(S)OC[C@H]2O[C@@H](c3cnn4c(N)ncnc34)C[C@@H]2O[PH](=O)S)c(=O)[nH]1. The van der Waals surface area contributed by atoms with Gasteiger partial charge in [0, 0.05) is 12.0 Å². The molecule has 23 heteroatoms. The van der Waals surface area contributed by atoms with Crippen molar-refractivity contribution in [1.29, 1.82) is 0 Å². The van der Waals surface area contributed by atoms with Crippen LogP contribution in [0.2, 0.25) is 0 Å². The average molecular weight is 679 g/mol. The van der Waals surface area contributed by atoms with Crippen LogP contribution in [-0.4, -0.2) is 87.6 Å². The van der Waals surface area contributed by atoms with Gasteiger partial charge >= 0.3 is 0 Å². The number of anilines is 2. The number of nitrogen functional groups attached to an aromatic ring is 2. The fraction of sp³-hybridized carbons (Fsp3) is 0.500. The van der Waals surface area contributed by atoms with Gasteiger partial charge in [-0.3, -0.25) is 23.5 Å². The number of nitrogens with one attached hydrogen (secondary N) is 1. The summed E-state index contributed by atoms with van der Waals surface area (Å²) in [7, 11) is -2.75. The molecule has 43 heavy (non-hydrogen) atoms. The molecule has 6 heterocycles. The van der Waals surface area contributed by atoms with Gasteiger partial charge in [0.2, 0.25) is 19.1 Å². The lowest BCUT2D eigenvalue weighted by Gasteiger charge is -2.27. The van der Waals surface area contributed by atoms with Crippen LogP contribution in [0.15, 0.2) is 23.6 Å². The smallest absolute Gasteiger partial charge is 0.280 e. The Kier molecular flexibility index (Phi) is 8.29. The summed E-state index contributed by atoms with van der Waals surface area (Å²) in [6.45, 7) is -5.46. The van der Waals surface area contributed by atoms with Crippen molar-refractivity contribution in [3.63, 3.8) is 0 Å². The number of aromatic amines is 1. The van der Waals surface area contributed by atoms with Crippen LogP contribution in [0.5, 0.6) is 0 Å². The number of nitrogens with two attached hydrogens (primary N) is 2. The van der Waals surface area contributed by atoms with Gasteiger partial charge in [-0.05, 0) is 0 Å². The number of hydrogen-bond donors (Lipinski definition) is 6. The maximum atomic E-state index is 15.7. The first-order valence-corrected chi connectivity index (χ1v) is 18.0. The van der Waals surface area contributed by atoms with E-state index in [1.54, 1.807) is 0 Å². The quantitative estimate of drug-likeness (QED) is 0.105. The Morgan fingerprint density at radius 1 is 1.26 bits per heavy atom. The van der Waals surface area contributed by atoms with Crippen LogP contribution in [0, 0.1) is 0 Å². The summed E-state index contributed by atoms with van der Waals surface area (Å²) in [6.07, 6.45) is -3.23. The molecular formula is C20H25FN10O8P2S2. The van der Waals surface area contributed by atoms with E-state index in [-0.39, 0.29) is 29.5 Å². The number of rotatable bonds is 9. The fourth-order valence-electron chi connectivity index (χ4n) is 5.22. The van der Waals surface area contributed by atoms with Gasteiger partial charge < -0.3 is 35.1 Å². The van der Waals surface area contributed by atoms with Crippen LogP contribution in [0.4, 0.5) is 16.3 Å². The van der Waals surface area contributed by atoms with E-state index in [4.69, 9.17) is 30.0 Å². The maximum absolute atomic E-state index is 15.7. The highest BCUT2D eigenvalue weighted by atomic mass is 32.7. The highest BCUT2D eigenvalue weighted by Crippen LogP contribution is 2.64. The number of aromatic nitrogens is 8. The molecule has 4 aromatic rings. The Hall–Kier alpha value is -2.61. The first-order chi connectivity index (χ1) is 20.5. The van der Waals surface area contributed by atoms with Crippen molar-refractivity contribution in [3.05, 3.63) is 34.8 Å². The molecule has 2 unspecified atom stereocenters. The second-order valence-corrected chi connectivity index (χ2v) is 15.2. The first kappa shape index (κ1) is 30.4. The molecule has 0 radical (unpaired) electrons. The van der Waals surface area contributed by atoms with E-state index in [0.29, 0.717) is 11.2 Å². The van der Waals surface area contributed by atoms with Gasteiger partial charge in [0.15, 0.2) is 23.0 Å². The van der Waals surface area contributed by atoms with Crippen molar-refractivity contribution in [1.82, 2.24) is 39.1 Å². The lowest BCUT2D eigenvalue weighted by molar-refractivity contribution is -0.0326. The van der Waals surface area contributed by atoms with Gasteiger partial charge in [0.05, 0.1) is 37.9 Å². The standard InChI is InChI=1S/C20H25FN10O8P2S2/c21-12-10(3-32)38-18(30-6-26-13-16(30)28-19(22)29-17(13)33)14(12)41(35,43)36-4-11-9(39-40(34)42)1-8(37-11)7-2-27-31-15(7)24-5-25-20(31)23/h2,5-6,8-12,14,18,32,40H,1,3-4H2,(H,34,42)(H,35,43)(H2,23,24,25)(H3,22,28,29,33)/t8-,9+,10-,11-,12-,14-,18-,41?/m1/s1. The second kappa shape index (κ2) is 11.7. The predicted molar refractivity (Wildman–Crippen MR) is 155 cm³/mol. The van der Waals surface area contributed by atoms with Crippen molar-refractivity contribution < 1.29 is 37.1 Å². The zero-order valence-electron chi connectivity index (χ0n) is 21.7. The third-order valence-corrected chi connectivity index (χ3v) is 10.9. The van der Waals surface area contributed by atoms with Crippen LogP contribution < -0.4 is 17.0 Å². The molecule has 2 saturated heterocycles. The molecule has 2 aliphatic heterocycles. The fourth-order valence-corrected chi connectivity index (χ4v) is 8.67. The molecule has 0 spiro atoms. The average Bonchev–Trinajstić information content (AvgIpc) is 3.71. The van der Waals surface area contributed by atoms with Crippen LogP contribution in [-0.2, 0) is 27.7 Å². The van der Waals surface area contributed by atoms with Gasteiger partial charge in [-0.15, -0.1) is 0 Å². The van der Waals surface area contributed by atoms with Crippen molar-refractivity contribution >= 4 is 67.0 Å². The zero-order chi connectivity index (χ0) is 30.6. The maximum Gasteiger partial charge on any atom is 0.280 e. The minimum atomic E-state index is -4.27. The number of thiol groups is 2. The van der Waals surface area contributed by atoms with Gasteiger partial charge in [-0.25, -0.2) is 19.3 Å². The normalized spacial score (nSPS) is 29.8. The molecule has 0 aliphatic carbocycles. The largest absolute Gasteiger partial charge is 0.394 e. The van der Waals surface area contributed by atoms with Crippen LogP contribution in [0.25, 0.3) is 16.8 Å². The van der Waals surface area contributed by atoms with Crippen LogP contribution in [0.1, 0.15) is 24.3 Å². The number of imidazole rings is 1. The van der Waals surface area contributed by atoms with Crippen molar-refractivity contribution in [2.75, 3.05) is 24.7 Å². The summed E-state index contributed by atoms with van der Waals surface area (Å²) in [6, 6.07) is 0. The minimum Gasteiger partial charge on any atom is -0.394 e. The molecule has 0 saturated carbocycles. The zero-order valence-corrected chi connectivity index (χ0v) is 25.4. The molecule has 0 bridgehead atoms. The van der Waals surface area contributed by atoms with Gasteiger partial charge in [-0.2, -0.15) is 14.6 Å². The predicted octanol–water partition coefficient (Wildman–Crippen LogP) is 0.692. The van der Waals surface area contributed by atoms with Crippen molar-refractivity contribution in [2.45, 2.75) is 48.9 Å². The monoisotopic (exact) mass is 678 g/mol. The lowest BCUT2D eigenvalue weighted by Crippen LogP contribution is -2.32. The Morgan fingerprint density at radius 2 is 2.05 bits per heavy atom. The highest BCUT2D eigenvalue weighted by Gasteiger charge is 2.55. The Morgan fingerprint density at radius 3 is 2.79 bits per heavy atom. The molecular weight excluding hydrogens is 653 g/mol. The number of H-pyrrole nitrogens is 1. The number of alkyl halides is 1. The third-order valence-electron chi connectivity index (χ3n) is 7.15. The third kappa shape index (κ3) is 5.57. The number of hydrogen-bond acceptors (Lipinski definition) is 15. The Labute approximate surface area is 251 Å². The summed E-state index contributed by atoms with van der Waals surface area (Å²) >= 11 is 8.11. The van der Waals surface area contributed by atoms with Gasteiger partial charge in [0.1, 0.15) is 30.4 Å². The van der Waals surface area contributed by atoms with Crippen molar-refractivity contribution in [2.24, 2.45) is 0 Å². The number of halogens is 1. The summed E-state index contributed by atoms with van der Waals surface area (Å²) < 4.78 is 67.0. The summed E-state index contributed by atoms with van der Waals surface area (Å²) in [5, 5.41) is 13.9. The molecule has 6 N–H and O–H groups in total. The van der Waals surface area contributed by atoms with Gasteiger partial charge in [-0.1, -0.05) is 24.5 Å². The van der Waals surface area contributed by atoms with Crippen LogP contribution >= 0.6 is 38.3 Å². The topological polar surface area (TPSA) is 250 Å². The molecule has 9 atom stereocenters. The number of aliphatic hydroxyl groups is 1. The molecule has 4 aromatic heterocycles. The molecule has 232 valence electrons. The Balaban J connectivity index is 1.26. The molecule has 2 aliphatic rings. The molecule has 2 fully saturated rings. The number of ether oxygens (including phenoxy) is 2. The Bertz CT molecular complexity index is 1810. The van der Waals surface area contributed by atoms with E-state index >= 15 is 4.39 Å². The van der Waals surface area contributed by atoms with Crippen LogP contribution in [0.3, 0.4) is 0 Å². The van der Waals surface area contributed by atoms with E-state index in [2.05, 4.69) is 54.5 Å². The molecule has 6 rings (SSSR count). The van der Waals surface area contributed by atoms with E-state index in [0.717, 1.165) is 6.33 Å². The summed E-state index contributed by atoms with van der Waals surface area (Å²) in [5.41, 5.74) is 10.0. The summed E-state index contributed by atoms with van der Waals surface area (Å²) in [4.78, 5) is 30.7. The van der Waals surface area contributed by atoms with Crippen molar-refractivity contribution in [3.8, 4) is 0 Å². The second-order valence-electron chi connectivity index (χ2n) is 9.71. The highest BCUT2D eigenvalue weighted by molar-refractivity contribution is 8.46. The summed E-state index contributed by atoms with van der Waals surface area (Å²) in [5.74, 6) is -0.140. The molecule has 0 amide bonds.